The predicted molar refractivity (Wildman–Crippen MR) is 70.5 cm³/mol. The summed E-state index contributed by atoms with van der Waals surface area (Å²) in [4.78, 5) is 10.6. The van der Waals surface area contributed by atoms with Crippen LogP contribution in [0.1, 0.15) is 36.7 Å². The summed E-state index contributed by atoms with van der Waals surface area (Å²) in [5.74, 6) is -1.22. The topological polar surface area (TPSA) is 96.6 Å². The van der Waals surface area contributed by atoms with E-state index in [1.807, 2.05) is 0 Å². The van der Waals surface area contributed by atoms with Crippen LogP contribution < -0.4 is 4.72 Å². The fourth-order valence-electron chi connectivity index (χ4n) is 2.24. The van der Waals surface area contributed by atoms with Gasteiger partial charge in [0, 0.05) is 12.1 Å². The van der Waals surface area contributed by atoms with Crippen LogP contribution in [0.2, 0.25) is 0 Å². The summed E-state index contributed by atoms with van der Waals surface area (Å²) in [5.41, 5.74) is 0. The number of aromatic carboxylic acids is 1. The van der Waals surface area contributed by atoms with Crippen LogP contribution in [0.25, 0.3) is 0 Å². The van der Waals surface area contributed by atoms with E-state index in [2.05, 4.69) is 27.6 Å². The second-order valence-corrected chi connectivity index (χ2v) is 7.19. The first-order chi connectivity index (χ1) is 8.79. The van der Waals surface area contributed by atoms with Gasteiger partial charge in [0.1, 0.15) is 4.90 Å². The molecule has 1 aromatic rings. The Morgan fingerprint density at radius 1 is 1.53 bits per heavy atom. The Morgan fingerprint density at radius 2 is 2.21 bits per heavy atom. The van der Waals surface area contributed by atoms with E-state index in [0.717, 1.165) is 25.3 Å². The summed E-state index contributed by atoms with van der Waals surface area (Å²) in [6, 6.07) is 0.905. The van der Waals surface area contributed by atoms with E-state index in [0.29, 0.717) is 5.92 Å². The molecular weight excluding hydrogens is 338 g/mol. The summed E-state index contributed by atoms with van der Waals surface area (Å²) in [6.45, 7) is 2.07. The van der Waals surface area contributed by atoms with Gasteiger partial charge >= 0.3 is 5.97 Å². The first-order valence-corrected chi connectivity index (χ1v) is 8.12. The maximum atomic E-state index is 12.2. The average molecular weight is 352 g/mol. The van der Waals surface area contributed by atoms with Gasteiger partial charge in [-0.25, -0.2) is 17.9 Å². The summed E-state index contributed by atoms with van der Waals surface area (Å²) in [6.07, 6.45) is 2.57. The number of carbonyl (C=O) groups is 1. The molecule has 0 bridgehead atoms. The zero-order chi connectivity index (χ0) is 14.2. The SMILES string of the molecule is CC1CCC(NS(=O)(=O)c2cc(C(=O)O)oc2Br)C1. The number of hydrogen-bond acceptors (Lipinski definition) is 4. The minimum Gasteiger partial charge on any atom is -0.475 e. The number of halogens is 1. The van der Waals surface area contributed by atoms with Gasteiger partial charge in [-0.05, 0) is 41.1 Å². The normalized spacial score (nSPS) is 23.7. The first kappa shape index (κ1) is 14.5. The number of hydrogen-bond donors (Lipinski definition) is 2. The van der Waals surface area contributed by atoms with Gasteiger partial charge in [0.15, 0.2) is 4.67 Å². The molecule has 1 heterocycles. The maximum Gasteiger partial charge on any atom is 0.371 e. The van der Waals surface area contributed by atoms with Crippen molar-refractivity contribution in [2.24, 2.45) is 5.92 Å². The molecule has 1 aromatic heterocycles. The number of furan rings is 1. The standard InChI is InChI=1S/C11H14BrNO5S/c1-6-2-3-7(4-6)13-19(16,17)9-5-8(11(14)15)18-10(9)12/h5-7,13H,2-4H2,1H3,(H,14,15). The molecule has 0 aliphatic heterocycles. The zero-order valence-corrected chi connectivity index (χ0v) is 12.6. The molecule has 6 nitrogen and oxygen atoms in total. The second kappa shape index (κ2) is 5.26. The molecule has 1 saturated carbocycles. The Morgan fingerprint density at radius 3 is 2.68 bits per heavy atom. The third-order valence-corrected chi connectivity index (χ3v) is 5.55. The predicted octanol–water partition coefficient (Wildman–Crippen LogP) is 2.21. The molecule has 2 N–H and O–H groups in total. The lowest BCUT2D eigenvalue weighted by atomic mass is 10.1. The van der Waals surface area contributed by atoms with Crippen molar-refractivity contribution in [1.29, 1.82) is 0 Å². The van der Waals surface area contributed by atoms with Crippen LogP contribution in [0.15, 0.2) is 20.0 Å². The van der Waals surface area contributed by atoms with Gasteiger partial charge in [-0.1, -0.05) is 6.92 Å². The van der Waals surface area contributed by atoms with Gasteiger partial charge in [0.25, 0.3) is 0 Å². The number of carboxylic acid groups (broad SMARTS) is 1. The van der Waals surface area contributed by atoms with Crippen molar-refractivity contribution in [3.05, 3.63) is 16.5 Å². The van der Waals surface area contributed by atoms with E-state index in [9.17, 15) is 13.2 Å². The van der Waals surface area contributed by atoms with Crippen LogP contribution >= 0.6 is 15.9 Å². The highest BCUT2D eigenvalue weighted by Gasteiger charge is 2.30. The van der Waals surface area contributed by atoms with E-state index in [1.165, 1.54) is 0 Å². The average Bonchev–Trinajstić information content (AvgIpc) is 2.85. The largest absolute Gasteiger partial charge is 0.475 e. The number of sulfonamides is 1. The molecule has 2 unspecified atom stereocenters. The Hall–Kier alpha value is -0.860. The summed E-state index contributed by atoms with van der Waals surface area (Å²) in [5, 5.41) is 8.78. The lowest BCUT2D eigenvalue weighted by Crippen LogP contribution is -2.32. The summed E-state index contributed by atoms with van der Waals surface area (Å²) >= 11 is 2.93. The van der Waals surface area contributed by atoms with E-state index in [-0.39, 0.29) is 15.6 Å². The molecule has 2 atom stereocenters. The molecule has 1 aliphatic carbocycles. The van der Waals surface area contributed by atoms with Crippen molar-refractivity contribution < 1.29 is 22.7 Å². The third kappa shape index (κ3) is 3.18. The van der Waals surface area contributed by atoms with Crippen LogP contribution in [-0.2, 0) is 10.0 Å². The molecule has 0 aromatic carbocycles. The molecule has 0 spiro atoms. The van der Waals surface area contributed by atoms with Gasteiger partial charge in [-0.3, -0.25) is 0 Å². The van der Waals surface area contributed by atoms with Crippen molar-refractivity contribution in [2.75, 3.05) is 0 Å². The Labute approximate surface area is 119 Å². The minimum absolute atomic E-state index is 0.0940. The first-order valence-electron chi connectivity index (χ1n) is 5.84. The van der Waals surface area contributed by atoms with Crippen LogP contribution in [0.5, 0.6) is 0 Å². The fraction of sp³-hybridized carbons (Fsp3) is 0.545. The molecule has 1 fully saturated rings. The van der Waals surface area contributed by atoms with Crippen LogP contribution in [0.3, 0.4) is 0 Å². The van der Waals surface area contributed by atoms with E-state index < -0.39 is 21.8 Å². The van der Waals surface area contributed by atoms with Crippen molar-refractivity contribution >= 4 is 31.9 Å². The lowest BCUT2D eigenvalue weighted by molar-refractivity contribution is 0.0661. The van der Waals surface area contributed by atoms with Crippen LogP contribution in [-0.4, -0.2) is 25.5 Å². The Kier molecular flexibility index (Phi) is 4.03. The number of nitrogens with one attached hydrogen (secondary N) is 1. The number of carboxylic acids is 1. The highest BCUT2D eigenvalue weighted by atomic mass is 79.9. The molecule has 8 heteroatoms. The molecule has 0 radical (unpaired) electrons. The molecule has 19 heavy (non-hydrogen) atoms. The number of rotatable bonds is 4. The van der Waals surface area contributed by atoms with Crippen molar-refractivity contribution in [2.45, 2.75) is 37.1 Å². The summed E-state index contributed by atoms with van der Waals surface area (Å²) < 4.78 is 31.7. The van der Waals surface area contributed by atoms with E-state index in [4.69, 9.17) is 9.52 Å². The van der Waals surface area contributed by atoms with Crippen molar-refractivity contribution in [3.8, 4) is 0 Å². The van der Waals surface area contributed by atoms with Gasteiger partial charge < -0.3 is 9.52 Å². The highest BCUT2D eigenvalue weighted by Crippen LogP contribution is 2.29. The zero-order valence-electron chi connectivity index (χ0n) is 10.2. The lowest BCUT2D eigenvalue weighted by Gasteiger charge is -2.11. The molecule has 1 aliphatic rings. The molecule has 0 saturated heterocycles. The van der Waals surface area contributed by atoms with Crippen LogP contribution in [0.4, 0.5) is 0 Å². The monoisotopic (exact) mass is 351 g/mol. The second-order valence-electron chi connectivity index (χ2n) is 4.79. The minimum atomic E-state index is -3.76. The maximum absolute atomic E-state index is 12.2. The van der Waals surface area contributed by atoms with Crippen molar-refractivity contribution in [1.82, 2.24) is 4.72 Å². The van der Waals surface area contributed by atoms with E-state index >= 15 is 0 Å². The molecule has 106 valence electrons. The Balaban J connectivity index is 2.22. The molecule has 0 amide bonds. The van der Waals surface area contributed by atoms with Crippen molar-refractivity contribution in [3.63, 3.8) is 0 Å². The Bertz CT molecular complexity index is 594. The van der Waals surface area contributed by atoms with Gasteiger partial charge in [0.05, 0.1) is 0 Å². The fourth-order valence-corrected chi connectivity index (χ4v) is 4.46. The third-order valence-electron chi connectivity index (χ3n) is 3.17. The highest BCUT2D eigenvalue weighted by molar-refractivity contribution is 9.10. The van der Waals surface area contributed by atoms with Gasteiger partial charge in [-0.2, -0.15) is 0 Å². The van der Waals surface area contributed by atoms with Gasteiger partial charge in [-0.15, -0.1) is 0 Å². The smallest absolute Gasteiger partial charge is 0.371 e. The van der Waals surface area contributed by atoms with Crippen LogP contribution in [0, 0.1) is 5.92 Å². The molecule has 2 rings (SSSR count). The molecular formula is C11H14BrNO5S. The van der Waals surface area contributed by atoms with E-state index in [1.54, 1.807) is 0 Å². The quantitative estimate of drug-likeness (QED) is 0.866. The summed E-state index contributed by atoms with van der Waals surface area (Å²) in [7, 11) is -3.76. The van der Waals surface area contributed by atoms with Gasteiger partial charge in [0.2, 0.25) is 15.8 Å².